The van der Waals surface area contributed by atoms with Crippen LogP contribution in [0.2, 0.25) is 0 Å². The smallest absolute Gasteiger partial charge is 0.248 e. The maximum Gasteiger partial charge on any atom is 0.248 e. The summed E-state index contributed by atoms with van der Waals surface area (Å²) in [5, 5.41) is 21.9. The number of carbonyl (C=O) groups is 2. The molecule has 12 heteroatoms. The van der Waals surface area contributed by atoms with Crippen molar-refractivity contribution >= 4 is 21.8 Å². The number of likely N-dealkylation sites (tertiary alicyclic amines) is 1. The molecule has 36 heavy (non-hydrogen) atoms. The van der Waals surface area contributed by atoms with Gasteiger partial charge in [0.15, 0.2) is 0 Å². The van der Waals surface area contributed by atoms with E-state index in [9.17, 15) is 23.1 Å². The lowest BCUT2D eigenvalue weighted by molar-refractivity contribution is -0.144. The summed E-state index contributed by atoms with van der Waals surface area (Å²) in [6, 6.07) is -1.69. The molecule has 11 nitrogen and oxygen atoms in total. The molecule has 2 saturated carbocycles. The molecule has 4 rings (SSSR count). The second-order valence-electron chi connectivity index (χ2n) is 11.8. The average Bonchev–Trinajstić information content (AvgIpc) is 3.38. The van der Waals surface area contributed by atoms with Crippen molar-refractivity contribution in [2.45, 2.75) is 95.9 Å². The second kappa shape index (κ2) is 10.4. The fraction of sp³-hybridized carbons (Fsp3) is 0.833. The lowest BCUT2D eigenvalue weighted by Crippen LogP contribution is -2.52. The van der Waals surface area contributed by atoms with E-state index in [-0.39, 0.29) is 36.7 Å². The van der Waals surface area contributed by atoms with Crippen LogP contribution in [0.3, 0.4) is 0 Å². The molecule has 2 amide bonds. The molecule has 3 N–H and O–H groups in total. The fourth-order valence-electron chi connectivity index (χ4n) is 5.56. The second-order valence-corrected chi connectivity index (χ2v) is 13.6. The Kier molecular flexibility index (Phi) is 7.78. The van der Waals surface area contributed by atoms with Crippen LogP contribution in [0.1, 0.15) is 83.4 Å². The van der Waals surface area contributed by atoms with Crippen molar-refractivity contribution in [3.63, 3.8) is 0 Å². The lowest BCUT2D eigenvalue weighted by Gasteiger charge is -2.35. The number of rotatable bonds is 8. The van der Waals surface area contributed by atoms with Gasteiger partial charge in [-0.25, -0.2) is 17.8 Å². The number of sulfonamides is 1. The number of aliphatic hydroxyl groups is 1. The number of nitrogens with one attached hydrogen (secondary N) is 2. The molecule has 1 aliphatic heterocycles. The van der Waals surface area contributed by atoms with Crippen LogP contribution in [-0.2, 0) is 19.6 Å². The van der Waals surface area contributed by atoms with E-state index in [2.05, 4.69) is 20.4 Å². The van der Waals surface area contributed by atoms with Crippen molar-refractivity contribution in [3.05, 3.63) is 11.9 Å². The number of aromatic nitrogens is 3. The standard InChI is InChI=1S/C24H40N6O5S/c1-24(2,3)21(30-14-19(26-28-30)15-9-10-15)23(33)29-13-17(31)11-20(29)22(32)25-12-16-7-5-6-8-18(16)27-36(4,34)35/h14-18,20-21,27,31H,5-13H2,1-4H3,(H,25,32). The Morgan fingerprint density at radius 3 is 2.53 bits per heavy atom. The molecule has 2 heterocycles. The summed E-state index contributed by atoms with van der Waals surface area (Å²) in [5.41, 5.74) is 0.393. The molecule has 0 bridgehead atoms. The van der Waals surface area contributed by atoms with E-state index in [0.29, 0.717) is 12.5 Å². The zero-order valence-electron chi connectivity index (χ0n) is 21.7. The van der Waals surface area contributed by atoms with Crippen LogP contribution in [0.4, 0.5) is 0 Å². The van der Waals surface area contributed by atoms with Crippen LogP contribution in [0.25, 0.3) is 0 Å². The molecule has 5 atom stereocenters. The number of hydrogen-bond donors (Lipinski definition) is 3. The minimum Gasteiger partial charge on any atom is -0.391 e. The van der Waals surface area contributed by atoms with Crippen LogP contribution in [0.15, 0.2) is 6.20 Å². The summed E-state index contributed by atoms with van der Waals surface area (Å²) < 4.78 is 27.8. The van der Waals surface area contributed by atoms with Crippen molar-refractivity contribution in [2.75, 3.05) is 19.3 Å². The summed E-state index contributed by atoms with van der Waals surface area (Å²) in [7, 11) is -3.35. The number of amides is 2. The van der Waals surface area contributed by atoms with Gasteiger partial charge in [0, 0.05) is 37.7 Å². The summed E-state index contributed by atoms with van der Waals surface area (Å²) in [4.78, 5) is 28.6. The first-order valence-electron chi connectivity index (χ1n) is 13.0. The van der Waals surface area contributed by atoms with Gasteiger partial charge in [-0.2, -0.15) is 0 Å². The summed E-state index contributed by atoms with van der Waals surface area (Å²) in [5.74, 6) is -0.206. The van der Waals surface area contributed by atoms with Crippen LogP contribution >= 0.6 is 0 Å². The van der Waals surface area contributed by atoms with E-state index in [1.807, 2.05) is 27.0 Å². The van der Waals surface area contributed by atoms with E-state index in [0.717, 1.165) is 50.5 Å². The molecule has 3 fully saturated rings. The van der Waals surface area contributed by atoms with Gasteiger partial charge >= 0.3 is 0 Å². The van der Waals surface area contributed by atoms with E-state index in [1.54, 1.807) is 4.68 Å². The molecule has 3 aliphatic rings. The largest absolute Gasteiger partial charge is 0.391 e. The Morgan fingerprint density at radius 2 is 1.89 bits per heavy atom. The van der Waals surface area contributed by atoms with Gasteiger partial charge in [0.05, 0.1) is 18.1 Å². The lowest BCUT2D eigenvalue weighted by atomic mass is 9.85. The topological polar surface area (TPSA) is 147 Å². The summed E-state index contributed by atoms with van der Waals surface area (Å²) in [6.45, 7) is 6.25. The van der Waals surface area contributed by atoms with Crippen molar-refractivity contribution in [1.29, 1.82) is 0 Å². The predicted molar refractivity (Wildman–Crippen MR) is 133 cm³/mol. The van der Waals surface area contributed by atoms with Gasteiger partial charge in [-0.15, -0.1) is 5.10 Å². The third kappa shape index (κ3) is 6.44. The maximum atomic E-state index is 13.8. The highest BCUT2D eigenvalue weighted by molar-refractivity contribution is 7.88. The van der Waals surface area contributed by atoms with Gasteiger partial charge in [0.1, 0.15) is 12.1 Å². The number of aliphatic hydroxyl groups excluding tert-OH is 1. The van der Waals surface area contributed by atoms with Gasteiger partial charge in [0.25, 0.3) is 0 Å². The quantitative estimate of drug-likeness (QED) is 0.458. The first-order valence-corrected chi connectivity index (χ1v) is 14.9. The van der Waals surface area contributed by atoms with Gasteiger partial charge in [-0.05, 0) is 37.0 Å². The van der Waals surface area contributed by atoms with E-state index in [1.165, 1.54) is 4.90 Å². The highest BCUT2D eigenvalue weighted by Gasteiger charge is 2.45. The highest BCUT2D eigenvalue weighted by Crippen LogP contribution is 2.40. The molecule has 5 unspecified atom stereocenters. The summed E-state index contributed by atoms with van der Waals surface area (Å²) in [6.07, 6.45) is 7.97. The molecule has 0 aromatic carbocycles. The molecular formula is C24H40N6O5S. The zero-order chi connectivity index (χ0) is 26.3. The first-order chi connectivity index (χ1) is 16.8. The van der Waals surface area contributed by atoms with E-state index in [4.69, 9.17) is 0 Å². The Labute approximate surface area is 213 Å². The SMILES string of the molecule is CC(C)(C)C(C(=O)N1CC(O)CC1C(=O)NCC1CCCCC1NS(C)(=O)=O)n1cc(C2CC2)nn1. The molecule has 0 spiro atoms. The molecule has 0 radical (unpaired) electrons. The first kappa shape index (κ1) is 27.0. The van der Waals surface area contributed by atoms with Gasteiger partial charge < -0.3 is 15.3 Å². The highest BCUT2D eigenvalue weighted by atomic mass is 32.2. The normalized spacial score (nSPS) is 28.2. The third-order valence-electron chi connectivity index (χ3n) is 7.52. The molecule has 202 valence electrons. The van der Waals surface area contributed by atoms with Gasteiger partial charge in [0.2, 0.25) is 21.8 Å². The average molecular weight is 525 g/mol. The molecule has 1 saturated heterocycles. The number of carbonyl (C=O) groups excluding carboxylic acids is 2. The summed E-state index contributed by atoms with van der Waals surface area (Å²) >= 11 is 0. The van der Waals surface area contributed by atoms with Crippen LogP contribution in [-0.4, -0.2) is 82.8 Å². The minimum absolute atomic E-state index is 0.0220. The predicted octanol–water partition coefficient (Wildman–Crippen LogP) is 0.929. The van der Waals surface area contributed by atoms with Crippen molar-refractivity contribution in [1.82, 2.24) is 29.9 Å². The Hall–Kier alpha value is -2.05. The van der Waals surface area contributed by atoms with Crippen LogP contribution in [0, 0.1) is 11.3 Å². The van der Waals surface area contributed by atoms with Crippen LogP contribution in [0.5, 0.6) is 0 Å². The minimum atomic E-state index is -3.35. The Morgan fingerprint density at radius 1 is 1.19 bits per heavy atom. The Bertz CT molecular complexity index is 1060. The van der Waals surface area contributed by atoms with Gasteiger partial charge in [-0.1, -0.05) is 38.8 Å². The Balaban J connectivity index is 1.46. The maximum absolute atomic E-state index is 13.8. The fourth-order valence-corrected chi connectivity index (χ4v) is 6.42. The number of β-amino-alcohol motifs (C(OH)–C–C–N with tert-alkyl or cyclic N) is 1. The van der Waals surface area contributed by atoms with E-state index < -0.39 is 33.6 Å². The zero-order valence-corrected chi connectivity index (χ0v) is 22.5. The van der Waals surface area contributed by atoms with Crippen molar-refractivity contribution < 1.29 is 23.1 Å². The monoisotopic (exact) mass is 524 g/mol. The van der Waals surface area contributed by atoms with Crippen molar-refractivity contribution in [2.24, 2.45) is 11.3 Å². The molecule has 2 aliphatic carbocycles. The number of hydrogen-bond acceptors (Lipinski definition) is 7. The number of nitrogens with zero attached hydrogens (tertiary/aromatic N) is 4. The van der Waals surface area contributed by atoms with Gasteiger partial charge in [-0.3, -0.25) is 9.59 Å². The molecule has 1 aromatic heterocycles. The van der Waals surface area contributed by atoms with Crippen LogP contribution < -0.4 is 10.0 Å². The van der Waals surface area contributed by atoms with E-state index >= 15 is 0 Å². The van der Waals surface area contributed by atoms with Crippen molar-refractivity contribution in [3.8, 4) is 0 Å². The molecular weight excluding hydrogens is 484 g/mol. The third-order valence-corrected chi connectivity index (χ3v) is 8.25. The molecule has 1 aromatic rings.